The van der Waals surface area contributed by atoms with Gasteiger partial charge in [0.2, 0.25) is 0 Å². The summed E-state index contributed by atoms with van der Waals surface area (Å²) in [5.41, 5.74) is 3.86. The van der Waals surface area contributed by atoms with Crippen LogP contribution in [0.15, 0.2) is 71.5 Å². The Morgan fingerprint density at radius 3 is 2.55 bits per heavy atom. The van der Waals surface area contributed by atoms with Crippen LogP contribution in [0.3, 0.4) is 0 Å². The number of thiazole rings is 1. The lowest BCUT2D eigenvalue weighted by Gasteiger charge is -2.22. The number of fused-ring (bicyclic) bond motifs is 3. The molecule has 0 bridgehead atoms. The number of imidazole rings is 1. The topological polar surface area (TPSA) is 62.1 Å². The maximum absolute atomic E-state index is 13.1. The molecule has 0 unspecified atom stereocenters. The van der Waals surface area contributed by atoms with Gasteiger partial charge in [-0.1, -0.05) is 60.9 Å². The minimum absolute atomic E-state index is 0.0677. The number of aromatic nitrogens is 2. The van der Waals surface area contributed by atoms with Crippen molar-refractivity contribution in [3.05, 3.63) is 92.7 Å². The third kappa shape index (κ3) is 4.98. The molecule has 1 aliphatic carbocycles. The van der Waals surface area contributed by atoms with Gasteiger partial charge in [0.1, 0.15) is 19.0 Å². The van der Waals surface area contributed by atoms with Crippen molar-refractivity contribution in [2.75, 3.05) is 20.3 Å². The minimum atomic E-state index is -0.0677. The van der Waals surface area contributed by atoms with E-state index < -0.39 is 0 Å². The van der Waals surface area contributed by atoms with Gasteiger partial charge < -0.3 is 14.2 Å². The smallest absolute Gasteiger partial charge is 0.274 e. The average Bonchev–Trinajstić information content (AvgIpc) is 3.48. The summed E-state index contributed by atoms with van der Waals surface area (Å²) in [5.74, 6) is 2.79. The molecule has 0 atom stereocenters. The highest BCUT2D eigenvalue weighted by molar-refractivity contribution is 7.15. The molecule has 5 aromatic rings. The first-order valence-corrected chi connectivity index (χ1v) is 14.0. The highest BCUT2D eigenvalue weighted by Gasteiger charge is 2.15. The van der Waals surface area contributed by atoms with Gasteiger partial charge in [-0.25, -0.2) is 9.38 Å². The normalized spacial score (nSPS) is 14.8. The van der Waals surface area contributed by atoms with Gasteiger partial charge in [-0.15, -0.1) is 0 Å². The molecule has 1 saturated carbocycles. The third-order valence-corrected chi connectivity index (χ3v) is 8.17. The van der Waals surface area contributed by atoms with Crippen molar-refractivity contribution in [1.82, 2.24) is 9.38 Å². The Bertz CT molecular complexity index is 1670. The number of benzene rings is 3. The standard InChI is InChI=1S/C31H30N2O4S/c1-35-28-19-21(20-29-30(34)33-26-10-6-5-9-25(26)32-31(33)38-29)11-16-27(28)37-18-17-36-24-14-12-23(13-15-24)22-7-3-2-4-8-22/h5-6,9-16,19-20,22H,2-4,7-8,17-18H2,1H3/b29-20-. The average molecular weight is 527 g/mol. The van der Waals surface area contributed by atoms with Gasteiger partial charge in [0, 0.05) is 0 Å². The van der Waals surface area contributed by atoms with Crippen LogP contribution in [0, 0.1) is 0 Å². The molecule has 6 nitrogen and oxygen atoms in total. The Labute approximate surface area is 225 Å². The second kappa shape index (κ2) is 10.9. The van der Waals surface area contributed by atoms with E-state index in [0.717, 1.165) is 22.3 Å². The van der Waals surface area contributed by atoms with Crippen LogP contribution in [0.25, 0.3) is 22.1 Å². The summed E-state index contributed by atoms with van der Waals surface area (Å²) in [6.07, 6.45) is 8.49. The van der Waals surface area contributed by atoms with Crippen molar-refractivity contribution in [2.24, 2.45) is 0 Å². The van der Waals surface area contributed by atoms with Gasteiger partial charge in [0.25, 0.3) is 5.56 Å². The largest absolute Gasteiger partial charge is 0.493 e. The third-order valence-electron chi connectivity index (χ3n) is 7.20. The first-order valence-electron chi connectivity index (χ1n) is 13.1. The fourth-order valence-electron chi connectivity index (χ4n) is 5.24. The molecule has 0 spiro atoms. The van der Waals surface area contributed by atoms with Crippen molar-refractivity contribution in [3.63, 3.8) is 0 Å². The molecule has 3 aromatic carbocycles. The Hall–Kier alpha value is -3.84. The number of rotatable bonds is 8. The predicted octanol–water partition coefficient (Wildman–Crippen LogP) is 5.97. The van der Waals surface area contributed by atoms with Gasteiger partial charge in [0.05, 0.1) is 22.7 Å². The van der Waals surface area contributed by atoms with E-state index in [9.17, 15) is 4.79 Å². The maximum Gasteiger partial charge on any atom is 0.274 e. The van der Waals surface area contributed by atoms with Gasteiger partial charge in [-0.2, -0.15) is 0 Å². The van der Waals surface area contributed by atoms with Crippen LogP contribution in [0.4, 0.5) is 0 Å². The summed E-state index contributed by atoms with van der Waals surface area (Å²) in [6, 6.07) is 21.8. The lowest BCUT2D eigenvalue weighted by atomic mass is 9.84. The van der Waals surface area contributed by atoms with Crippen LogP contribution < -0.4 is 24.3 Å². The molecule has 7 heteroatoms. The van der Waals surface area contributed by atoms with Crippen LogP contribution in [-0.2, 0) is 0 Å². The quantitative estimate of drug-likeness (QED) is 0.233. The molecule has 0 radical (unpaired) electrons. The Kier molecular flexibility index (Phi) is 7.01. The minimum Gasteiger partial charge on any atom is -0.493 e. The summed E-state index contributed by atoms with van der Waals surface area (Å²) >= 11 is 1.38. The molecular weight excluding hydrogens is 496 g/mol. The Morgan fingerprint density at radius 2 is 1.74 bits per heavy atom. The Morgan fingerprint density at radius 1 is 0.947 bits per heavy atom. The number of hydrogen-bond donors (Lipinski definition) is 0. The van der Waals surface area contributed by atoms with Crippen LogP contribution in [0.5, 0.6) is 17.2 Å². The number of ether oxygens (including phenoxy) is 3. The number of nitrogens with zero attached hydrogens (tertiary/aromatic N) is 2. The predicted molar refractivity (Wildman–Crippen MR) is 152 cm³/mol. The number of hydrogen-bond acceptors (Lipinski definition) is 6. The van der Waals surface area contributed by atoms with Crippen molar-refractivity contribution < 1.29 is 14.2 Å². The van der Waals surface area contributed by atoms with E-state index in [1.807, 2.05) is 48.5 Å². The lowest BCUT2D eigenvalue weighted by Crippen LogP contribution is -2.22. The van der Waals surface area contributed by atoms with Crippen LogP contribution in [-0.4, -0.2) is 29.7 Å². The first-order chi connectivity index (χ1) is 18.7. The van der Waals surface area contributed by atoms with Crippen LogP contribution >= 0.6 is 11.3 Å². The zero-order valence-electron chi connectivity index (χ0n) is 21.4. The molecule has 2 aromatic heterocycles. The summed E-state index contributed by atoms with van der Waals surface area (Å²) in [5, 5.41) is 0. The molecule has 194 valence electrons. The summed E-state index contributed by atoms with van der Waals surface area (Å²) in [6.45, 7) is 0.825. The lowest BCUT2D eigenvalue weighted by molar-refractivity contribution is 0.211. The van der Waals surface area contributed by atoms with E-state index in [4.69, 9.17) is 14.2 Å². The van der Waals surface area contributed by atoms with E-state index in [0.29, 0.717) is 40.1 Å². The van der Waals surface area contributed by atoms with Crippen LogP contribution in [0.1, 0.15) is 49.1 Å². The van der Waals surface area contributed by atoms with Crippen molar-refractivity contribution in [3.8, 4) is 17.2 Å². The zero-order valence-corrected chi connectivity index (χ0v) is 22.2. The second-order valence-corrected chi connectivity index (χ2v) is 10.7. The number of methoxy groups -OCH3 is 1. The van der Waals surface area contributed by atoms with Gasteiger partial charge in [0.15, 0.2) is 16.5 Å². The molecular formula is C31H30N2O4S. The number of para-hydroxylation sites is 2. The van der Waals surface area contributed by atoms with Crippen molar-refractivity contribution in [2.45, 2.75) is 38.0 Å². The Balaban J connectivity index is 1.10. The van der Waals surface area contributed by atoms with Gasteiger partial charge in [-0.3, -0.25) is 4.79 Å². The SMILES string of the molecule is COc1cc(/C=c2\sc3nc4ccccc4n3c2=O)ccc1OCCOc1ccc(C2CCCCC2)cc1. The van der Waals surface area contributed by atoms with E-state index in [-0.39, 0.29) is 5.56 Å². The molecule has 6 rings (SSSR count). The molecule has 0 N–H and O–H groups in total. The van der Waals surface area contributed by atoms with Gasteiger partial charge in [-0.05, 0) is 72.4 Å². The molecule has 1 aliphatic rings. The summed E-state index contributed by atoms with van der Waals surface area (Å²) in [7, 11) is 1.61. The highest BCUT2D eigenvalue weighted by Crippen LogP contribution is 2.33. The fourth-order valence-corrected chi connectivity index (χ4v) is 6.23. The maximum atomic E-state index is 13.1. The van der Waals surface area contributed by atoms with Crippen LogP contribution in [0.2, 0.25) is 0 Å². The highest BCUT2D eigenvalue weighted by atomic mass is 32.1. The van der Waals surface area contributed by atoms with Crippen molar-refractivity contribution >= 4 is 33.4 Å². The van der Waals surface area contributed by atoms with E-state index in [1.165, 1.54) is 49.0 Å². The molecule has 0 saturated heterocycles. The molecule has 0 amide bonds. The molecule has 2 heterocycles. The van der Waals surface area contributed by atoms with Crippen molar-refractivity contribution in [1.29, 1.82) is 0 Å². The van der Waals surface area contributed by atoms with E-state index in [2.05, 4.69) is 29.2 Å². The first kappa shape index (κ1) is 24.5. The summed E-state index contributed by atoms with van der Waals surface area (Å²) < 4.78 is 19.7. The zero-order chi connectivity index (χ0) is 25.9. The monoisotopic (exact) mass is 526 g/mol. The molecule has 1 fully saturated rings. The molecule has 38 heavy (non-hydrogen) atoms. The van der Waals surface area contributed by atoms with E-state index in [1.54, 1.807) is 11.5 Å². The second-order valence-electron chi connectivity index (χ2n) is 9.65. The fraction of sp³-hybridized carbons (Fsp3) is 0.290. The van der Waals surface area contributed by atoms with Gasteiger partial charge >= 0.3 is 0 Å². The summed E-state index contributed by atoms with van der Waals surface area (Å²) in [4.78, 5) is 18.3. The van der Waals surface area contributed by atoms with E-state index >= 15 is 0 Å². The molecule has 0 aliphatic heterocycles.